The number of anilines is 2. The van der Waals surface area contributed by atoms with Crippen LogP contribution in [0.3, 0.4) is 0 Å². The molecular formula is C17H18N7O4P. The van der Waals surface area contributed by atoms with Gasteiger partial charge < -0.3 is 30.3 Å². The lowest BCUT2D eigenvalue weighted by Crippen LogP contribution is -2.48. The van der Waals surface area contributed by atoms with Gasteiger partial charge in [0.1, 0.15) is 11.4 Å². The lowest BCUT2D eigenvalue weighted by molar-refractivity contribution is -0.118. The van der Waals surface area contributed by atoms with E-state index in [1.807, 2.05) is 0 Å². The SMILES string of the molecule is Nc1nnc(-c2ccccc2OP(O)O)cc1-n1cc(N2CCNCC2=O)cn1. The van der Waals surface area contributed by atoms with Crippen molar-refractivity contribution in [1.82, 2.24) is 25.3 Å². The number of carbonyl (C=O) groups excluding carboxylic acids is 1. The fourth-order valence-electron chi connectivity index (χ4n) is 3.02. The van der Waals surface area contributed by atoms with Gasteiger partial charge in [-0.15, -0.1) is 10.2 Å². The Labute approximate surface area is 166 Å². The molecule has 1 aliphatic rings. The Morgan fingerprint density at radius 1 is 1.24 bits per heavy atom. The number of para-hydroxylation sites is 1. The summed E-state index contributed by atoms with van der Waals surface area (Å²) < 4.78 is 6.60. The highest BCUT2D eigenvalue weighted by atomic mass is 31.2. The van der Waals surface area contributed by atoms with Gasteiger partial charge in [-0.25, -0.2) is 4.68 Å². The van der Waals surface area contributed by atoms with Gasteiger partial charge in [-0.3, -0.25) is 4.79 Å². The Morgan fingerprint density at radius 2 is 2.07 bits per heavy atom. The third kappa shape index (κ3) is 4.03. The summed E-state index contributed by atoms with van der Waals surface area (Å²) in [6, 6.07) is 8.44. The predicted octanol–water partition coefficient (Wildman–Crippen LogP) is 0.438. The molecular weight excluding hydrogens is 397 g/mol. The number of aromatic nitrogens is 4. The van der Waals surface area contributed by atoms with Gasteiger partial charge in [0.15, 0.2) is 5.82 Å². The van der Waals surface area contributed by atoms with Gasteiger partial charge in [-0.1, -0.05) is 12.1 Å². The van der Waals surface area contributed by atoms with Crippen LogP contribution in [-0.2, 0) is 4.79 Å². The molecule has 0 spiro atoms. The molecule has 0 radical (unpaired) electrons. The fraction of sp³-hybridized carbons (Fsp3) is 0.176. The Balaban J connectivity index is 1.70. The maximum atomic E-state index is 12.1. The van der Waals surface area contributed by atoms with E-state index in [1.54, 1.807) is 47.6 Å². The van der Waals surface area contributed by atoms with Gasteiger partial charge in [0.2, 0.25) is 5.91 Å². The number of hydrogen-bond donors (Lipinski definition) is 4. The number of nitrogen functional groups attached to an aromatic ring is 1. The minimum atomic E-state index is -2.58. The Morgan fingerprint density at radius 3 is 2.86 bits per heavy atom. The first-order valence-electron chi connectivity index (χ1n) is 8.67. The van der Waals surface area contributed by atoms with Crippen molar-refractivity contribution in [2.75, 3.05) is 30.3 Å². The molecule has 0 aliphatic carbocycles. The van der Waals surface area contributed by atoms with Gasteiger partial charge in [0.25, 0.3) is 0 Å². The average Bonchev–Trinajstić information content (AvgIpc) is 3.18. The quantitative estimate of drug-likeness (QED) is 0.435. The minimum Gasteiger partial charge on any atom is -0.426 e. The molecule has 150 valence electrons. The number of amides is 1. The second-order valence-electron chi connectivity index (χ2n) is 6.21. The first-order valence-corrected chi connectivity index (χ1v) is 9.84. The summed E-state index contributed by atoms with van der Waals surface area (Å²) >= 11 is 0. The highest BCUT2D eigenvalue weighted by molar-refractivity contribution is 7.39. The zero-order valence-corrected chi connectivity index (χ0v) is 16.0. The van der Waals surface area contributed by atoms with E-state index < -0.39 is 8.60 Å². The van der Waals surface area contributed by atoms with Crippen molar-refractivity contribution < 1.29 is 19.1 Å². The van der Waals surface area contributed by atoms with E-state index in [2.05, 4.69) is 20.6 Å². The molecule has 1 aliphatic heterocycles. The lowest BCUT2D eigenvalue weighted by Gasteiger charge is -2.25. The fourth-order valence-corrected chi connectivity index (χ4v) is 3.35. The highest BCUT2D eigenvalue weighted by Crippen LogP contribution is 2.36. The van der Waals surface area contributed by atoms with E-state index in [0.717, 1.165) is 0 Å². The minimum absolute atomic E-state index is 0.0344. The van der Waals surface area contributed by atoms with Crippen molar-refractivity contribution in [2.24, 2.45) is 0 Å². The number of hydrogen-bond acceptors (Lipinski definition) is 9. The number of carbonyl (C=O) groups is 1. The molecule has 1 fully saturated rings. The Hall–Kier alpha value is -3.11. The van der Waals surface area contributed by atoms with Gasteiger partial charge in [-0.2, -0.15) is 5.10 Å². The second-order valence-corrected chi connectivity index (χ2v) is 6.89. The van der Waals surface area contributed by atoms with Crippen LogP contribution < -0.4 is 20.5 Å². The van der Waals surface area contributed by atoms with Crippen LogP contribution in [0, 0.1) is 0 Å². The molecule has 2 aromatic heterocycles. The van der Waals surface area contributed by atoms with Gasteiger partial charge >= 0.3 is 8.60 Å². The van der Waals surface area contributed by atoms with Crippen molar-refractivity contribution in [1.29, 1.82) is 0 Å². The molecule has 11 nitrogen and oxygen atoms in total. The van der Waals surface area contributed by atoms with E-state index in [0.29, 0.717) is 35.7 Å². The number of nitrogens with two attached hydrogens (primary N) is 1. The molecule has 1 aromatic carbocycles. The van der Waals surface area contributed by atoms with Crippen LogP contribution in [-0.4, -0.2) is 55.3 Å². The maximum absolute atomic E-state index is 12.1. The smallest absolute Gasteiger partial charge is 0.391 e. The van der Waals surface area contributed by atoms with E-state index >= 15 is 0 Å². The summed E-state index contributed by atoms with van der Waals surface area (Å²) in [4.78, 5) is 32.1. The molecule has 12 heteroatoms. The highest BCUT2D eigenvalue weighted by Gasteiger charge is 2.21. The first kappa shape index (κ1) is 19.2. The molecule has 0 bridgehead atoms. The summed E-state index contributed by atoms with van der Waals surface area (Å²) in [5.74, 6) is 0.370. The van der Waals surface area contributed by atoms with Crippen LogP contribution in [0.1, 0.15) is 0 Å². The summed E-state index contributed by atoms with van der Waals surface area (Å²) in [6.07, 6.45) is 3.29. The van der Waals surface area contributed by atoms with Gasteiger partial charge in [-0.05, 0) is 18.2 Å². The summed E-state index contributed by atoms with van der Waals surface area (Å²) in [5.41, 5.74) is 8.05. The topological polar surface area (TPSA) is 152 Å². The number of benzene rings is 1. The zero-order valence-electron chi connectivity index (χ0n) is 15.1. The molecule has 5 N–H and O–H groups in total. The third-order valence-electron chi connectivity index (χ3n) is 4.36. The third-order valence-corrected chi connectivity index (χ3v) is 4.72. The molecule has 3 aromatic rings. The Kier molecular flexibility index (Phi) is 5.36. The summed E-state index contributed by atoms with van der Waals surface area (Å²) in [6.45, 7) is 1.54. The maximum Gasteiger partial charge on any atom is 0.391 e. The van der Waals surface area contributed by atoms with E-state index in [4.69, 9.17) is 10.3 Å². The van der Waals surface area contributed by atoms with Gasteiger partial charge in [0.05, 0.1) is 30.3 Å². The number of piperazine rings is 1. The number of nitrogens with zero attached hydrogens (tertiary/aromatic N) is 5. The summed E-state index contributed by atoms with van der Waals surface area (Å²) in [7, 11) is -2.58. The zero-order chi connectivity index (χ0) is 20.4. The van der Waals surface area contributed by atoms with Crippen molar-refractivity contribution in [2.45, 2.75) is 0 Å². The van der Waals surface area contributed by atoms with Crippen LogP contribution in [0.15, 0.2) is 42.7 Å². The van der Waals surface area contributed by atoms with Crippen molar-refractivity contribution >= 4 is 26.0 Å². The lowest BCUT2D eigenvalue weighted by atomic mass is 10.1. The molecule has 0 atom stereocenters. The molecule has 4 rings (SSSR count). The largest absolute Gasteiger partial charge is 0.426 e. The van der Waals surface area contributed by atoms with Crippen molar-refractivity contribution in [3.63, 3.8) is 0 Å². The molecule has 0 saturated carbocycles. The predicted molar refractivity (Wildman–Crippen MR) is 106 cm³/mol. The van der Waals surface area contributed by atoms with Crippen LogP contribution in [0.4, 0.5) is 11.5 Å². The van der Waals surface area contributed by atoms with Crippen LogP contribution in [0.2, 0.25) is 0 Å². The Bertz CT molecular complexity index is 1040. The first-order chi connectivity index (χ1) is 14.0. The van der Waals surface area contributed by atoms with E-state index in [9.17, 15) is 14.6 Å². The number of rotatable bonds is 5. The monoisotopic (exact) mass is 415 g/mol. The standard InChI is InChI=1S/C17H18N7O4P/c18-17-14(24-10-11(8-20-24)23-6-5-19-9-16(23)25)7-13(21-22-17)12-3-1-2-4-15(12)28-29(26)27/h1-4,7-8,10,19,26-27H,5-6,9H2,(H2,18,22). The van der Waals surface area contributed by atoms with Crippen molar-refractivity contribution in [3.8, 4) is 22.7 Å². The molecule has 1 saturated heterocycles. The van der Waals surface area contributed by atoms with Gasteiger partial charge in [0, 0.05) is 18.7 Å². The normalized spacial score (nSPS) is 14.4. The summed E-state index contributed by atoms with van der Waals surface area (Å²) in [5, 5.41) is 15.4. The molecule has 1 amide bonds. The van der Waals surface area contributed by atoms with Crippen LogP contribution >= 0.6 is 8.60 Å². The average molecular weight is 415 g/mol. The number of nitrogens with one attached hydrogen (secondary N) is 1. The van der Waals surface area contributed by atoms with E-state index in [-0.39, 0.29) is 24.0 Å². The molecule has 3 heterocycles. The molecule has 29 heavy (non-hydrogen) atoms. The van der Waals surface area contributed by atoms with Crippen LogP contribution in [0.5, 0.6) is 5.75 Å². The van der Waals surface area contributed by atoms with Crippen molar-refractivity contribution in [3.05, 3.63) is 42.7 Å². The van der Waals surface area contributed by atoms with Crippen LogP contribution in [0.25, 0.3) is 16.9 Å². The molecule has 0 unspecified atom stereocenters. The second kappa shape index (κ2) is 8.10. The van der Waals surface area contributed by atoms with E-state index in [1.165, 1.54) is 4.68 Å².